The molecule has 4 nitrogen and oxygen atoms in total. The van der Waals surface area contributed by atoms with Gasteiger partial charge in [-0.25, -0.2) is 13.8 Å². The fourth-order valence-corrected chi connectivity index (χ4v) is 3.12. The number of fused-ring (bicyclic) bond motifs is 1. The lowest BCUT2D eigenvalue weighted by atomic mass is 10.1. The van der Waals surface area contributed by atoms with Gasteiger partial charge >= 0.3 is 0 Å². The van der Waals surface area contributed by atoms with Crippen molar-refractivity contribution in [3.05, 3.63) is 53.6 Å². The molecule has 0 amide bonds. The van der Waals surface area contributed by atoms with Crippen molar-refractivity contribution in [1.82, 2.24) is 19.4 Å². The molecule has 23 heavy (non-hydrogen) atoms. The Morgan fingerprint density at radius 2 is 2.09 bits per heavy atom. The van der Waals surface area contributed by atoms with Crippen LogP contribution in [0.15, 0.2) is 30.7 Å². The van der Waals surface area contributed by atoms with Crippen molar-refractivity contribution >= 4 is 0 Å². The molecule has 2 aromatic rings. The molecule has 0 radical (unpaired) electrons. The summed E-state index contributed by atoms with van der Waals surface area (Å²) in [6.45, 7) is 3.27. The first kappa shape index (κ1) is 16.1. The first-order valence-electron chi connectivity index (χ1n) is 7.84. The molecule has 1 atom stereocenters. The van der Waals surface area contributed by atoms with Gasteiger partial charge in [0, 0.05) is 31.9 Å². The molecule has 1 unspecified atom stereocenters. The first-order valence-corrected chi connectivity index (χ1v) is 7.84. The summed E-state index contributed by atoms with van der Waals surface area (Å²) in [6.07, 6.45) is 4.81. The number of benzene rings is 1. The summed E-state index contributed by atoms with van der Waals surface area (Å²) in [5.41, 5.74) is 1.96. The van der Waals surface area contributed by atoms with E-state index in [1.165, 1.54) is 17.8 Å². The van der Waals surface area contributed by atoms with Crippen LogP contribution < -0.4 is 0 Å². The highest BCUT2D eigenvalue weighted by atomic mass is 19.2. The molecule has 124 valence electrons. The normalized spacial score (nSPS) is 18.4. The van der Waals surface area contributed by atoms with Crippen LogP contribution in [0.25, 0.3) is 0 Å². The molecule has 1 aliphatic heterocycles. The molecule has 0 fully saturated rings. The third-order valence-electron chi connectivity index (χ3n) is 4.29. The fourth-order valence-electron chi connectivity index (χ4n) is 3.12. The van der Waals surface area contributed by atoms with Crippen molar-refractivity contribution in [1.29, 1.82) is 0 Å². The number of hydrogen-bond donors (Lipinski definition) is 0. The van der Waals surface area contributed by atoms with Crippen molar-refractivity contribution in [2.75, 3.05) is 27.2 Å². The smallest absolute Gasteiger partial charge is 0.159 e. The standard InChI is InChI=1S/C17H22F2N4/c1-21(2)6-5-14-10-22(11-15-8-20-12-23(14)15)9-13-3-4-16(18)17(19)7-13/h3-4,7-8,12,14H,5-6,9-11H2,1-2H3. The highest BCUT2D eigenvalue weighted by Crippen LogP contribution is 2.25. The van der Waals surface area contributed by atoms with Gasteiger partial charge in [-0.2, -0.15) is 0 Å². The van der Waals surface area contributed by atoms with Crippen LogP contribution in [0.5, 0.6) is 0 Å². The maximum atomic E-state index is 13.4. The highest BCUT2D eigenvalue weighted by molar-refractivity contribution is 5.18. The van der Waals surface area contributed by atoms with E-state index in [-0.39, 0.29) is 0 Å². The second-order valence-corrected chi connectivity index (χ2v) is 6.46. The molecular formula is C17H22F2N4. The Bertz CT molecular complexity index is 668. The van der Waals surface area contributed by atoms with E-state index in [2.05, 4.69) is 33.4 Å². The van der Waals surface area contributed by atoms with Crippen LogP contribution >= 0.6 is 0 Å². The zero-order valence-corrected chi connectivity index (χ0v) is 13.5. The van der Waals surface area contributed by atoms with E-state index >= 15 is 0 Å². The van der Waals surface area contributed by atoms with E-state index in [4.69, 9.17) is 0 Å². The molecule has 1 aliphatic rings. The second kappa shape index (κ2) is 6.76. The van der Waals surface area contributed by atoms with Gasteiger partial charge in [-0.15, -0.1) is 0 Å². The van der Waals surface area contributed by atoms with Crippen molar-refractivity contribution in [3.8, 4) is 0 Å². The summed E-state index contributed by atoms with van der Waals surface area (Å²) in [6, 6.07) is 4.49. The zero-order chi connectivity index (χ0) is 16.4. The average Bonchev–Trinajstić information content (AvgIpc) is 2.97. The van der Waals surface area contributed by atoms with Crippen LogP contribution in [0.4, 0.5) is 8.78 Å². The van der Waals surface area contributed by atoms with Crippen LogP contribution in [-0.2, 0) is 13.1 Å². The molecular weight excluding hydrogens is 298 g/mol. The SMILES string of the molecule is CN(C)CCC1CN(Cc2ccc(F)c(F)c2)Cc2cncn21. The number of hydrogen-bond acceptors (Lipinski definition) is 3. The van der Waals surface area contributed by atoms with Crippen LogP contribution in [0.1, 0.15) is 23.7 Å². The Kier molecular flexibility index (Phi) is 4.73. The van der Waals surface area contributed by atoms with Gasteiger partial charge in [-0.3, -0.25) is 4.90 Å². The lowest BCUT2D eigenvalue weighted by molar-refractivity contribution is 0.165. The molecule has 0 bridgehead atoms. The number of nitrogens with zero attached hydrogens (tertiary/aromatic N) is 4. The third-order valence-corrected chi connectivity index (χ3v) is 4.29. The van der Waals surface area contributed by atoms with E-state index in [0.29, 0.717) is 12.6 Å². The van der Waals surface area contributed by atoms with E-state index < -0.39 is 11.6 Å². The topological polar surface area (TPSA) is 24.3 Å². The lowest BCUT2D eigenvalue weighted by Crippen LogP contribution is -2.37. The largest absolute Gasteiger partial charge is 0.329 e. The van der Waals surface area contributed by atoms with Crippen molar-refractivity contribution in [3.63, 3.8) is 0 Å². The maximum absolute atomic E-state index is 13.4. The summed E-state index contributed by atoms with van der Waals surface area (Å²) < 4.78 is 28.7. The Hall–Kier alpha value is -1.79. The van der Waals surface area contributed by atoms with Crippen molar-refractivity contribution < 1.29 is 8.78 Å². The van der Waals surface area contributed by atoms with Gasteiger partial charge in [0.15, 0.2) is 11.6 Å². The zero-order valence-electron chi connectivity index (χ0n) is 13.5. The number of aromatic nitrogens is 2. The molecule has 2 heterocycles. The molecule has 1 aromatic carbocycles. The van der Waals surface area contributed by atoms with Gasteiger partial charge in [-0.05, 0) is 44.8 Å². The molecule has 6 heteroatoms. The molecule has 0 aliphatic carbocycles. The average molecular weight is 320 g/mol. The monoisotopic (exact) mass is 320 g/mol. The van der Waals surface area contributed by atoms with Crippen LogP contribution in [0.3, 0.4) is 0 Å². The molecule has 3 rings (SSSR count). The maximum Gasteiger partial charge on any atom is 0.159 e. The molecule has 1 aromatic heterocycles. The minimum atomic E-state index is -0.797. The summed E-state index contributed by atoms with van der Waals surface area (Å²) in [7, 11) is 4.13. The van der Waals surface area contributed by atoms with Crippen LogP contribution in [0.2, 0.25) is 0 Å². The van der Waals surface area contributed by atoms with Crippen molar-refractivity contribution in [2.45, 2.75) is 25.6 Å². The first-order chi connectivity index (χ1) is 11.0. The summed E-state index contributed by atoms with van der Waals surface area (Å²) in [4.78, 5) is 8.70. The Morgan fingerprint density at radius 1 is 1.26 bits per heavy atom. The lowest BCUT2D eigenvalue weighted by Gasteiger charge is -2.35. The number of halogens is 2. The molecule has 0 saturated carbocycles. The van der Waals surface area contributed by atoms with Gasteiger partial charge in [0.25, 0.3) is 0 Å². The van der Waals surface area contributed by atoms with E-state index in [1.807, 2.05) is 12.5 Å². The van der Waals surface area contributed by atoms with E-state index in [9.17, 15) is 8.78 Å². The predicted octanol–water partition coefficient (Wildman–Crippen LogP) is 2.67. The highest BCUT2D eigenvalue weighted by Gasteiger charge is 2.25. The van der Waals surface area contributed by atoms with Crippen LogP contribution in [0, 0.1) is 11.6 Å². The Labute approximate surface area is 135 Å². The summed E-state index contributed by atoms with van der Waals surface area (Å²) in [5.74, 6) is -1.58. The Morgan fingerprint density at radius 3 is 2.83 bits per heavy atom. The second-order valence-electron chi connectivity index (χ2n) is 6.46. The van der Waals surface area contributed by atoms with Gasteiger partial charge in [0.05, 0.1) is 12.0 Å². The van der Waals surface area contributed by atoms with Crippen LogP contribution in [-0.4, -0.2) is 46.5 Å². The quantitative estimate of drug-likeness (QED) is 0.846. The summed E-state index contributed by atoms with van der Waals surface area (Å²) >= 11 is 0. The van der Waals surface area contributed by atoms with Crippen molar-refractivity contribution in [2.24, 2.45) is 0 Å². The van der Waals surface area contributed by atoms with Gasteiger partial charge in [0.2, 0.25) is 0 Å². The number of imidazole rings is 1. The minimum absolute atomic E-state index is 0.356. The Balaban J connectivity index is 1.72. The molecule has 0 N–H and O–H groups in total. The predicted molar refractivity (Wildman–Crippen MR) is 84.9 cm³/mol. The van der Waals surface area contributed by atoms with Gasteiger partial charge < -0.3 is 9.47 Å². The van der Waals surface area contributed by atoms with E-state index in [0.717, 1.165) is 31.6 Å². The third kappa shape index (κ3) is 3.76. The molecule has 0 spiro atoms. The summed E-state index contributed by atoms with van der Waals surface area (Å²) in [5, 5.41) is 0. The van der Waals surface area contributed by atoms with Gasteiger partial charge in [-0.1, -0.05) is 6.07 Å². The number of rotatable bonds is 5. The minimum Gasteiger partial charge on any atom is -0.329 e. The van der Waals surface area contributed by atoms with Gasteiger partial charge in [0.1, 0.15) is 0 Å². The van der Waals surface area contributed by atoms with E-state index in [1.54, 1.807) is 6.07 Å². The molecule has 0 saturated heterocycles. The fraction of sp³-hybridized carbons (Fsp3) is 0.471.